The minimum atomic E-state index is -1.56. The van der Waals surface area contributed by atoms with Gasteiger partial charge in [-0.2, -0.15) is 5.26 Å². The lowest BCUT2D eigenvalue weighted by Crippen LogP contribution is -2.32. The second kappa shape index (κ2) is 6.96. The lowest BCUT2D eigenvalue weighted by atomic mass is 9.96. The van der Waals surface area contributed by atoms with Gasteiger partial charge in [-0.1, -0.05) is 24.3 Å². The molecule has 0 aliphatic rings. The molecule has 7 heteroatoms. The molecular weight excluding hydrogens is 321 g/mol. The van der Waals surface area contributed by atoms with Crippen LogP contribution in [0.5, 0.6) is 0 Å². The Kier molecular flexibility index (Phi) is 4.99. The van der Waals surface area contributed by atoms with Gasteiger partial charge in [0.1, 0.15) is 0 Å². The van der Waals surface area contributed by atoms with Crippen LogP contribution in [0.15, 0.2) is 36.4 Å². The molecule has 0 aromatic heterocycles. The zero-order valence-corrected chi connectivity index (χ0v) is 12.4. The molecule has 1 N–H and O–H groups in total. The molecule has 1 atom stereocenters. The minimum absolute atomic E-state index is 0.0912. The van der Waals surface area contributed by atoms with Crippen LogP contribution in [0.2, 0.25) is 0 Å². The second-order valence-corrected chi connectivity index (χ2v) is 4.87. The molecule has 0 unspecified atom stereocenters. The van der Waals surface area contributed by atoms with Gasteiger partial charge in [0.15, 0.2) is 29.2 Å². The number of benzene rings is 2. The molecule has 2 aromatic rings. The third-order valence-electron chi connectivity index (χ3n) is 3.39. The van der Waals surface area contributed by atoms with Gasteiger partial charge in [-0.25, -0.2) is 13.2 Å². The van der Waals surface area contributed by atoms with E-state index in [-0.39, 0.29) is 11.1 Å². The van der Waals surface area contributed by atoms with E-state index in [9.17, 15) is 22.8 Å². The highest BCUT2D eigenvalue weighted by molar-refractivity contribution is 6.12. The Bertz CT molecular complexity index is 819. The van der Waals surface area contributed by atoms with Gasteiger partial charge in [0, 0.05) is 12.6 Å². The number of carbonyl (C=O) groups is 2. The third kappa shape index (κ3) is 3.27. The number of amides is 1. The number of nitrogens with one attached hydrogen (secondary N) is 1. The van der Waals surface area contributed by atoms with Crippen LogP contribution >= 0.6 is 0 Å². The van der Waals surface area contributed by atoms with Crippen LogP contribution in [0.4, 0.5) is 13.2 Å². The number of ketones is 1. The quantitative estimate of drug-likeness (QED) is 0.532. The average molecular weight is 332 g/mol. The molecule has 0 spiro atoms. The largest absolute Gasteiger partial charge is 0.358 e. The predicted octanol–water partition coefficient (Wildman–Crippen LogP) is 2.84. The summed E-state index contributed by atoms with van der Waals surface area (Å²) < 4.78 is 39.5. The first-order chi connectivity index (χ1) is 11.4. The van der Waals surface area contributed by atoms with E-state index in [1.807, 2.05) is 0 Å². The van der Waals surface area contributed by atoms with Crippen molar-refractivity contribution in [3.63, 3.8) is 0 Å². The Morgan fingerprint density at radius 3 is 2.04 bits per heavy atom. The van der Waals surface area contributed by atoms with Gasteiger partial charge in [0.25, 0.3) is 0 Å². The zero-order chi connectivity index (χ0) is 17.9. The van der Waals surface area contributed by atoms with Crippen LogP contribution < -0.4 is 5.32 Å². The first-order valence-electron chi connectivity index (χ1n) is 6.79. The Morgan fingerprint density at radius 1 is 1.04 bits per heavy atom. The normalized spacial score (nSPS) is 11.5. The number of hydrogen-bond acceptors (Lipinski definition) is 3. The van der Waals surface area contributed by atoms with E-state index in [1.54, 1.807) is 6.07 Å². The highest BCUT2D eigenvalue weighted by atomic mass is 19.2. The van der Waals surface area contributed by atoms with Gasteiger partial charge < -0.3 is 5.32 Å². The van der Waals surface area contributed by atoms with Crippen molar-refractivity contribution < 1.29 is 22.8 Å². The topological polar surface area (TPSA) is 70.0 Å². The van der Waals surface area contributed by atoms with Gasteiger partial charge in [0.2, 0.25) is 5.91 Å². The van der Waals surface area contributed by atoms with Crippen molar-refractivity contribution in [1.82, 2.24) is 5.32 Å². The molecule has 24 heavy (non-hydrogen) atoms. The maximum Gasteiger partial charge on any atom is 0.245 e. The Labute approximate surface area is 135 Å². The monoisotopic (exact) mass is 332 g/mol. The molecule has 0 saturated heterocycles. The molecule has 0 saturated carbocycles. The first-order valence-corrected chi connectivity index (χ1v) is 6.79. The number of nitrogens with zero attached hydrogens (tertiary/aromatic N) is 1. The molecule has 0 aliphatic carbocycles. The summed E-state index contributed by atoms with van der Waals surface area (Å²) in [5.74, 6) is -7.12. The maximum atomic E-state index is 13.3. The zero-order valence-electron chi connectivity index (χ0n) is 12.4. The number of Topliss-reactive ketones (excluding diaryl/α,β-unsaturated/α-hetero) is 1. The lowest BCUT2D eigenvalue weighted by molar-refractivity contribution is -0.121. The van der Waals surface area contributed by atoms with Gasteiger partial charge in [0.05, 0.1) is 6.07 Å². The molecule has 2 rings (SSSR count). The summed E-state index contributed by atoms with van der Waals surface area (Å²) in [5.41, 5.74) is 0.531. The third-order valence-corrected chi connectivity index (χ3v) is 3.39. The SMILES string of the molecule is CNC(=O)[C@@H](C#N)C(=O)c1ccc(-c2cc(F)c(F)c(F)c2)cc1. The second-order valence-electron chi connectivity index (χ2n) is 4.87. The predicted molar refractivity (Wildman–Crippen MR) is 79.3 cm³/mol. The molecule has 4 nitrogen and oxygen atoms in total. The highest BCUT2D eigenvalue weighted by Crippen LogP contribution is 2.24. The van der Waals surface area contributed by atoms with Crippen molar-refractivity contribution in [2.45, 2.75) is 0 Å². The number of nitriles is 1. The Hall–Kier alpha value is -3.14. The van der Waals surface area contributed by atoms with Crippen LogP contribution in [0.3, 0.4) is 0 Å². The molecule has 0 radical (unpaired) electrons. The number of halogens is 3. The molecular formula is C17H11F3N2O2. The fourth-order valence-corrected chi connectivity index (χ4v) is 2.10. The summed E-state index contributed by atoms with van der Waals surface area (Å²) in [4.78, 5) is 23.6. The molecule has 0 aliphatic heterocycles. The van der Waals surface area contributed by atoms with Crippen LogP contribution in [0.1, 0.15) is 10.4 Å². The Morgan fingerprint density at radius 2 is 1.58 bits per heavy atom. The van der Waals surface area contributed by atoms with E-state index in [4.69, 9.17) is 5.26 Å². The fraction of sp³-hybridized carbons (Fsp3) is 0.118. The summed E-state index contributed by atoms with van der Waals surface area (Å²) in [6.07, 6.45) is 0. The Balaban J connectivity index is 2.33. The summed E-state index contributed by atoms with van der Waals surface area (Å²) in [6, 6.07) is 8.70. The maximum absolute atomic E-state index is 13.3. The smallest absolute Gasteiger partial charge is 0.245 e. The lowest BCUT2D eigenvalue weighted by Gasteiger charge is -2.08. The summed E-state index contributed by atoms with van der Waals surface area (Å²) in [6.45, 7) is 0. The van der Waals surface area contributed by atoms with E-state index in [0.717, 1.165) is 12.1 Å². The molecule has 1 amide bonds. The summed E-state index contributed by atoms with van der Waals surface area (Å²) in [5, 5.41) is 11.1. The van der Waals surface area contributed by atoms with Crippen LogP contribution in [0.25, 0.3) is 11.1 Å². The van der Waals surface area contributed by atoms with E-state index in [2.05, 4.69) is 5.32 Å². The van der Waals surface area contributed by atoms with Gasteiger partial charge in [-0.3, -0.25) is 9.59 Å². The molecule has 122 valence electrons. The minimum Gasteiger partial charge on any atom is -0.358 e. The van der Waals surface area contributed by atoms with Gasteiger partial charge in [-0.05, 0) is 23.3 Å². The number of carbonyl (C=O) groups excluding carboxylic acids is 2. The molecule has 0 fully saturated rings. The van der Waals surface area contributed by atoms with Gasteiger partial charge in [-0.15, -0.1) is 0 Å². The van der Waals surface area contributed by atoms with Crippen molar-refractivity contribution in [3.8, 4) is 17.2 Å². The van der Waals surface area contributed by atoms with Crippen molar-refractivity contribution in [1.29, 1.82) is 5.26 Å². The number of rotatable bonds is 4. The molecule has 2 aromatic carbocycles. The number of hydrogen-bond donors (Lipinski definition) is 1. The van der Waals surface area contributed by atoms with Crippen molar-refractivity contribution in [2.24, 2.45) is 5.92 Å². The molecule has 0 heterocycles. The average Bonchev–Trinajstić information content (AvgIpc) is 2.59. The van der Waals surface area contributed by atoms with Crippen LogP contribution in [0, 0.1) is 34.7 Å². The van der Waals surface area contributed by atoms with E-state index in [1.165, 1.54) is 31.3 Å². The molecule has 0 bridgehead atoms. The summed E-state index contributed by atoms with van der Waals surface area (Å²) in [7, 11) is 1.31. The van der Waals surface area contributed by atoms with Crippen molar-refractivity contribution in [3.05, 3.63) is 59.4 Å². The summed E-state index contributed by atoms with van der Waals surface area (Å²) >= 11 is 0. The van der Waals surface area contributed by atoms with E-state index < -0.39 is 35.1 Å². The van der Waals surface area contributed by atoms with Crippen LogP contribution in [-0.4, -0.2) is 18.7 Å². The van der Waals surface area contributed by atoms with Crippen LogP contribution in [-0.2, 0) is 4.79 Å². The van der Waals surface area contributed by atoms with Gasteiger partial charge >= 0.3 is 0 Å². The van der Waals surface area contributed by atoms with E-state index >= 15 is 0 Å². The van der Waals surface area contributed by atoms with Crippen molar-refractivity contribution in [2.75, 3.05) is 7.05 Å². The van der Waals surface area contributed by atoms with E-state index in [0.29, 0.717) is 5.56 Å². The highest BCUT2D eigenvalue weighted by Gasteiger charge is 2.26. The standard InChI is InChI=1S/C17H11F3N2O2/c1-22-17(24)12(8-21)16(23)10-4-2-9(3-5-10)11-6-13(18)15(20)14(19)7-11/h2-7,12H,1H3,(H,22,24)/t12-/m0/s1. The first kappa shape index (κ1) is 17.2. The fourth-order valence-electron chi connectivity index (χ4n) is 2.10. The van der Waals surface area contributed by atoms with Crippen molar-refractivity contribution >= 4 is 11.7 Å².